The van der Waals surface area contributed by atoms with Crippen molar-refractivity contribution in [1.82, 2.24) is 14.8 Å². The molecule has 3 nitrogen and oxygen atoms in total. The highest BCUT2D eigenvalue weighted by Crippen LogP contribution is 2.33. The lowest BCUT2D eigenvalue weighted by molar-refractivity contribution is -0.137. The molecule has 0 saturated carbocycles. The van der Waals surface area contributed by atoms with Crippen LogP contribution in [-0.4, -0.2) is 14.8 Å². The summed E-state index contributed by atoms with van der Waals surface area (Å²) in [5.74, 6) is -0.285. The highest BCUT2D eigenvalue weighted by Gasteiger charge is 2.32. The molecule has 10 heteroatoms. The van der Waals surface area contributed by atoms with E-state index in [2.05, 4.69) is 26.0 Å². The zero-order valence-corrected chi connectivity index (χ0v) is 12.3. The third-order valence-electron chi connectivity index (χ3n) is 2.59. The minimum absolute atomic E-state index is 0.116. The van der Waals surface area contributed by atoms with Crippen LogP contribution in [0.15, 0.2) is 18.5 Å². The maximum atomic E-state index is 13.1. The average molecular weight is 391 g/mol. The molecule has 0 bridgehead atoms. The van der Waals surface area contributed by atoms with Gasteiger partial charge in [0.2, 0.25) is 0 Å². The first-order chi connectivity index (χ1) is 9.75. The van der Waals surface area contributed by atoms with Crippen molar-refractivity contribution in [3.05, 3.63) is 40.3 Å². The van der Waals surface area contributed by atoms with Crippen molar-refractivity contribution in [2.45, 2.75) is 17.9 Å². The Morgan fingerprint density at radius 3 is 2.43 bits per heavy atom. The summed E-state index contributed by atoms with van der Waals surface area (Å²) in [6.07, 6.45) is -5.80. The molecular formula is C11H6BrClF5N3. The van der Waals surface area contributed by atoms with E-state index in [4.69, 9.17) is 11.6 Å². The quantitative estimate of drug-likeness (QED) is 0.558. The van der Waals surface area contributed by atoms with Crippen molar-refractivity contribution in [1.29, 1.82) is 0 Å². The number of rotatable bonds is 3. The number of hydrogen-bond donors (Lipinski definition) is 0. The molecule has 0 saturated heterocycles. The molecule has 0 N–H and O–H groups in total. The molecule has 0 atom stereocenters. The molecule has 2 rings (SSSR count). The molecule has 0 aliphatic carbocycles. The van der Waals surface area contributed by atoms with Crippen LogP contribution in [0.1, 0.15) is 23.2 Å². The molecule has 0 aromatic carbocycles. The van der Waals surface area contributed by atoms with E-state index in [1.807, 2.05) is 0 Å². The Balaban J connectivity index is 2.56. The van der Waals surface area contributed by atoms with Gasteiger partial charge in [-0.05, 0) is 6.07 Å². The Labute approximate surface area is 128 Å². The first-order valence-electron chi connectivity index (χ1n) is 5.39. The number of hydrogen-bond acceptors (Lipinski definition) is 2. The van der Waals surface area contributed by atoms with Gasteiger partial charge in [-0.2, -0.15) is 18.3 Å². The minimum Gasteiger partial charge on any atom is -0.235 e. The third kappa shape index (κ3) is 3.18. The predicted molar refractivity (Wildman–Crippen MR) is 69.0 cm³/mol. The van der Waals surface area contributed by atoms with Gasteiger partial charge < -0.3 is 0 Å². The van der Waals surface area contributed by atoms with Crippen LogP contribution in [0.5, 0.6) is 0 Å². The van der Waals surface area contributed by atoms with Crippen molar-refractivity contribution in [3.8, 4) is 5.82 Å². The van der Waals surface area contributed by atoms with Gasteiger partial charge in [0.15, 0.2) is 5.82 Å². The molecule has 0 spiro atoms. The highest BCUT2D eigenvalue weighted by molar-refractivity contribution is 9.08. The number of pyridine rings is 1. The second-order valence-corrected chi connectivity index (χ2v) is 4.90. The van der Waals surface area contributed by atoms with E-state index in [-0.39, 0.29) is 16.7 Å². The van der Waals surface area contributed by atoms with Gasteiger partial charge in [-0.1, -0.05) is 27.5 Å². The highest BCUT2D eigenvalue weighted by atomic mass is 79.9. The number of nitrogens with zero attached hydrogens (tertiary/aromatic N) is 3. The number of aromatic nitrogens is 3. The van der Waals surface area contributed by atoms with E-state index in [1.54, 1.807) is 0 Å². The summed E-state index contributed by atoms with van der Waals surface area (Å²) < 4.78 is 64.4. The van der Waals surface area contributed by atoms with Crippen LogP contribution in [0, 0.1) is 0 Å². The van der Waals surface area contributed by atoms with E-state index in [9.17, 15) is 22.0 Å². The summed E-state index contributed by atoms with van der Waals surface area (Å²) in [6.45, 7) is 0. The Morgan fingerprint density at radius 1 is 1.29 bits per heavy atom. The molecule has 0 aliphatic heterocycles. The first kappa shape index (κ1) is 16.2. The topological polar surface area (TPSA) is 30.7 Å². The summed E-state index contributed by atoms with van der Waals surface area (Å²) >= 11 is 8.75. The van der Waals surface area contributed by atoms with Crippen LogP contribution in [-0.2, 0) is 11.5 Å². The van der Waals surface area contributed by atoms with Gasteiger partial charge in [-0.3, -0.25) is 0 Å². The SMILES string of the molecule is FC(F)c1c(CBr)cnn1-c1ncc(C(F)(F)F)cc1Cl. The molecule has 2 aromatic rings. The number of halogens is 7. The largest absolute Gasteiger partial charge is 0.417 e. The molecule has 0 fully saturated rings. The van der Waals surface area contributed by atoms with Crippen LogP contribution in [0.3, 0.4) is 0 Å². The monoisotopic (exact) mass is 389 g/mol. The predicted octanol–water partition coefficient (Wildman–Crippen LogP) is 4.77. The average Bonchev–Trinajstić information content (AvgIpc) is 2.81. The van der Waals surface area contributed by atoms with Crippen LogP contribution < -0.4 is 0 Å². The molecule has 2 aromatic heterocycles. The normalized spacial score (nSPS) is 12.2. The van der Waals surface area contributed by atoms with E-state index in [0.29, 0.717) is 12.3 Å². The lowest BCUT2D eigenvalue weighted by Crippen LogP contribution is -2.10. The molecule has 2 heterocycles. The minimum atomic E-state index is -4.62. The lowest BCUT2D eigenvalue weighted by Gasteiger charge is -2.11. The third-order valence-corrected chi connectivity index (χ3v) is 3.47. The van der Waals surface area contributed by atoms with E-state index in [1.165, 1.54) is 6.20 Å². The van der Waals surface area contributed by atoms with Crippen molar-refractivity contribution < 1.29 is 22.0 Å². The van der Waals surface area contributed by atoms with Gasteiger partial charge >= 0.3 is 6.18 Å². The van der Waals surface area contributed by atoms with E-state index >= 15 is 0 Å². The van der Waals surface area contributed by atoms with Gasteiger partial charge in [0, 0.05) is 17.1 Å². The van der Waals surface area contributed by atoms with Crippen molar-refractivity contribution in [2.75, 3.05) is 0 Å². The Kier molecular flexibility index (Phi) is 4.52. The molecule has 21 heavy (non-hydrogen) atoms. The van der Waals surface area contributed by atoms with E-state index in [0.717, 1.165) is 4.68 Å². The van der Waals surface area contributed by atoms with Gasteiger partial charge in [0.25, 0.3) is 6.43 Å². The summed E-state index contributed by atoms with van der Waals surface area (Å²) in [5.41, 5.74) is -1.34. The molecule has 114 valence electrons. The zero-order valence-electron chi connectivity index (χ0n) is 10.0. The van der Waals surface area contributed by atoms with Gasteiger partial charge in [-0.15, -0.1) is 0 Å². The molecule has 0 radical (unpaired) electrons. The summed E-state index contributed by atoms with van der Waals surface area (Å²) in [5, 5.41) is 3.41. The summed E-state index contributed by atoms with van der Waals surface area (Å²) in [7, 11) is 0. The standard InChI is InChI=1S/C11H6BrClF5N3/c12-2-5-3-20-21(8(5)9(14)15)10-7(13)1-6(4-19-10)11(16,17)18/h1,3-4,9H,2H2. The lowest BCUT2D eigenvalue weighted by atomic mass is 10.2. The van der Waals surface area contributed by atoms with Crippen LogP contribution in [0.2, 0.25) is 5.02 Å². The van der Waals surface area contributed by atoms with Crippen molar-refractivity contribution in [3.63, 3.8) is 0 Å². The maximum Gasteiger partial charge on any atom is 0.417 e. The summed E-state index contributed by atoms with van der Waals surface area (Å²) in [4.78, 5) is 3.51. The molecular weight excluding hydrogens is 384 g/mol. The summed E-state index contributed by atoms with van der Waals surface area (Å²) in [6, 6.07) is 0.620. The fraction of sp³-hybridized carbons (Fsp3) is 0.273. The van der Waals surface area contributed by atoms with Gasteiger partial charge in [0.1, 0.15) is 5.69 Å². The van der Waals surface area contributed by atoms with Crippen LogP contribution in [0.4, 0.5) is 22.0 Å². The van der Waals surface area contributed by atoms with Crippen LogP contribution in [0.25, 0.3) is 5.82 Å². The van der Waals surface area contributed by atoms with Gasteiger partial charge in [-0.25, -0.2) is 18.4 Å². The zero-order chi connectivity index (χ0) is 15.8. The van der Waals surface area contributed by atoms with Crippen molar-refractivity contribution >= 4 is 27.5 Å². The Hall–Kier alpha value is -1.22. The van der Waals surface area contributed by atoms with Crippen molar-refractivity contribution in [2.24, 2.45) is 0 Å². The second kappa shape index (κ2) is 5.88. The fourth-order valence-electron chi connectivity index (χ4n) is 1.64. The molecule has 0 unspecified atom stereocenters. The number of alkyl halides is 6. The van der Waals surface area contributed by atoms with Gasteiger partial charge in [0.05, 0.1) is 16.8 Å². The second-order valence-electron chi connectivity index (χ2n) is 3.93. The maximum absolute atomic E-state index is 13.1. The Bertz CT molecular complexity index is 656. The smallest absolute Gasteiger partial charge is 0.235 e. The molecule has 0 amide bonds. The fourth-order valence-corrected chi connectivity index (χ4v) is 2.32. The van der Waals surface area contributed by atoms with Crippen LogP contribution >= 0.6 is 27.5 Å². The Morgan fingerprint density at radius 2 is 1.95 bits per heavy atom. The molecule has 0 aliphatic rings. The van der Waals surface area contributed by atoms with E-state index < -0.39 is 28.9 Å². The first-order valence-corrected chi connectivity index (χ1v) is 6.89.